The summed E-state index contributed by atoms with van der Waals surface area (Å²) in [4.78, 5) is 21.8. The second kappa shape index (κ2) is 20.0. The number of hydrogen-bond donors (Lipinski definition) is 0. The van der Waals surface area contributed by atoms with Gasteiger partial charge < -0.3 is 18.9 Å². The highest BCUT2D eigenvalue weighted by atomic mass is 16.5. The van der Waals surface area contributed by atoms with Crippen LogP contribution in [0.4, 0.5) is 0 Å². The number of carbonyl (C=O) groups excluding carboxylic acids is 2. The van der Waals surface area contributed by atoms with E-state index in [-0.39, 0.29) is 11.9 Å². The Morgan fingerprint density at radius 2 is 0.938 bits per heavy atom. The standard InChI is InChI=1S/C26H44O6/c1-3-25(27)31-19-11-7-5-9-17-29-21-23-13-15-24(16-14-23)22-30-18-10-6-8-12-20-32-26(28)4-2/h3-4,23-24H,1-2,5-22H2/t23-,24-. The smallest absolute Gasteiger partial charge is 0.330 e. The van der Waals surface area contributed by atoms with Crippen LogP contribution >= 0.6 is 0 Å². The van der Waals surface area contributed by atoms with E-state index >= 15 is 0 Å². The number of hydrogen-bond acceptors (Lipinski definition) is 6. The lowest BCUT2D eigenvalue weighted by Gasteiger charge is -2.28. The Kier molecular flexibility index (Phi) is 17.7. The third kappa shape index (κ3) is 16.0. The van der Waals surface area contributed by atoms with Crippen molar-refractivity contribution in [3.8, 4) is 0 Å². The molecule has 0 bridgehead atoms. The predicted molar refractivity (Wildman–Crippen MR) is 126 cm³/mol. The maximum absolute atomic E-state index is 10.9. The number of ether oxygens (including phenoxy) is 4. The molecule has 184 valence electrons. The Hall–Kier alpha value is -1.66. The fourth-order valence-electron chi connectivity index (χ4n) is 3.85. The van der Waals surface area contributed by atoms with E-state index in [2.05, 4.69) is 13.2 Å². The molecular formula is C26H44O6. The van der Waals surface area contributed by atoms with E-state index < -0.39 is 0 Å². The van der Waals surface area contributed by atoms with Gasteiger partial charge >= 0.3 is 11.9 Å². The van der Waals surface area contributed by atoms with E-state index in [1.54, 1.807) is 0 Å². The molecule has 1 aliphatic rings. The van der Waals surface area contributed by atoms with Crippen molar-refractivity contribution in [2.24, 2.45) is 11.8 Å². The molecule has 0 unspecified atom stereocenters. The van der Waals surface area contributed by atoms with Crippen molar-refractivity contribution in [2.75, 3.05) is 39.6 Å². The van der Waals surface area contributed by atoms with Crippen molar-refractivity contribution in [3.05, 3.63) is 25.3 Å². The molecule has 1 rings (SSSR count). The molecule has 1 fully saturated rings. The molecule has 0 aliphatic heterocycles. The average Bonchev–Trinajstić information content (AvgIpc) is 2.82. The summed E-state index contributed by atoms with van der Waals surface area (Å²) in [5.41, 5.74) is 0. The van der Waals surface area contributed by atoms with E-state index in [9.17, 15) is 9.59 Å². The molecular weight excluding hydrogens is 408 g/mol. The van der Waals surface area contributed by atoms with Crippen LogP contribution in [0.5, 0.6) is 0 Å². The summed E-state index contributed by atoms with van der Waals surface area (Å²) in [6, 6.07) is 0. The second-order valence-corrected chi connectivity index (χ2v) is 8.61. The number of rotatable bonds is 20. The Morgan fingerprint density at radius 1 is 0.594 bits per heavy atom. The highest BCUT2D eigenvalue weighted by Crippen LogP contribution is 2.29. The molecule has 6 nitrogen and oxygen atoms in total. The van der Waals surface area contributed by atoms with Crippen LogP contribution in [0.25, 0.3) is 0 Å². The average molecular weight is 453 g/mol. The van der Waals surface area contributed by atoms with Crippen LogP contribution in [0.3, 0.4) is 0 Å². The summed E-state index contributed by atoms with van der Waals surface area (Å²) in [7, 11) is 0. The Balaban J connectivity index is 1.83. The summed E-state index contributed by atoms with van der Waals surface area (Å²) < 4.78 is 21.7. The minimum absolute atomic E-state index is 0.341. The molecule has 1 aliphatic carbocycles. The molecule has 0 saturated heterocycles. The normalized spacial score (nSPS) is 18.1. The van der Waals surface area contributed by atoms with Gasteiger partial charge in [0.2, 0.25) is 0 Å². The largest absolute Gasteiger partial charge is 0.463 e. The molecule has 6 heteroatoms. The van der Waals surface area contributed by atoms with Crippen LogP contribution in [0.15, 0.2) is 25.3 Å². The van der Waals surface area contributed by atoms with Crippen molar-refractivity contribution in [1.82, 2.24) is 0 Å². The molecule has 0 aromatic heterocycles. The van der Waals surface area contributed by atoms with Crippen LogP contribution in [0.1, 0.15) is 77.0 Å². The van der Waals surface area contributed by atoms with Crippen molar-refractivity contribution < 1.29 is 28.5 Å². The highest BCUT2D eigenvalue weighted by Gasteiger charge is 2.21. The van der Waals surface area contributed by atoms with Gasteiger partial charge in [-0.1, -0.05) is 26.0 Å². The van der Waals surface area contributed by atoms with Crippen LogP contribution in [0, 0.1) is 11.8 Å². The number of unbranched alkanes of at least 4 members (excludes halogenated alkanes) is 6. The van der Waals surface area contributed by atoms with E-state index in [4.69, 9.17) is 18.9 Å². The summed E-state index contributed by atoms with van der Waals surface area (Å²) >= 11 is 0. The van der Waals surface area contributed by atoms with E-state index in [1.165, 1.54) is 37.8 Å². The zero-order valence-corrected chi connectivity index (χ0v) is 19.9. The molecule has 0 heterocycles. The van der Waals surface area contributed by atoms with Crippen molar-refractivity contribution in [3.63, 3.8) is 0 Å². The van der Waals surface area contributed by atoms with Crippen molar-refractivity contribution in [2.45, 2.75) is 77.0 Å². The summed E-state index contributed by atoms with van der Waals surface area (Å²) in [5, 5.41) is 0. The van der Waals surface area contributed by atoms with E-state index in [1.807, 2.05) is 0 Å². The van der Waals surface area contributed by atoms with Gasteiger partial charge in [-0.25, -0.2) is 9.59 Å². The van der Waals surface area contributed by atoms with Gasteiger partial charge in [0.05, 0.1) is 13.2 Å². The molecule has 0 atom stereocenters. The van der Waals surface area contributed by atoms with Gasteiger partial charge in [0.1, 0.15) is 0 Å². The summed E-state index contributed by atoms with van der Waals surface area (Å²) in [6.45, 7) is 11.1. The van der Waals surface area contributed by atoms with Gasteiger partial charge in [-0.05, 0) is 76.0 Å². The quantitative estimate of drug-likeness (QED) is 0.140. The molecule has 1 saturated carbocycles. The fraction of sp³-hybridized carbons (Fsp3) is 0.769. The topological polar surface area (TPSA) is 71.1 Å². The summed E-state index contributed by atoms with van der Waals surface area (Å²) in [6.07, 6.45) is 15.6. The lowest BCUT2D eigenvalue weighted by atomic mass is 9.83. The Labute approximate surface area is 194 Å². The summed E-state index contributed by atoms with van der Waals surface area (Å²) in [5.74, 6) is 0.707. The zero-order valence-electron chi connectivity index (χ0n) is 19.9. The first kappa shape index (κ1) is 28.4. The first-order chi connectivity index (χ1) is 15.7. The second-order valence-electron chi connectivity index (χ2n) is 8.61. The molecule has 0 spiro atoms. The van der Waals surface area contributed by atoms with Gasteiger partial charge in [-0.2, -0.15) is 0 Å². The maximum Gasteiger partial charge on any atom is 0.330 e. The molecule has 0 aromatic carbocycles. The first-order valence-electron chi connectivity index (χ1n) is 12.4. The maximum atomic E-state index is 10.9. The molecule has 32 heavy (non-hydrogen) atoms. The minimum Gasteiger partial charge on any atom is -0.463 e. The molecule has 0 N–H and O–H groups in total. The van der Waals surface area contributed by atoms with Gasteiger partial charge in [0, 0.05) is 38.6 Å². The predicted octanol–water partition coefficient (Wildman–Crippen LogP) is 5.41. The van der Waals surface area contributed by atoms with Gasteiger partial charge in [-0.3, -0.25) is 0 Å². The van der Waals surface area contributed by atoms with Crippen molar-refractivity contribution >= 4 is 11.9 Å². The lowest BCUT2D eigenvalue weighted by Crippen LogP contribution is -2.22. The van der Waals surface area contributed by atoms with Crippen LogP contribution in [-0.4, -0.2) is 51.6 Å². The SMILES string of the molecule is C=CC(=O)OCCCCCCOC[C@H]1CC[C@H](COCCCCCCOC(=O)C=C)CC1. The Bertz CT molecular complexity index is 464. The van der Waals surface area contributed by atoms with Crippen molar-refractivity contribution in [1.29, 1.82) is 0 Å². The van der Waals surface area contributed by atoms with Gasteiger partial charge in [0.25, 0.3) is 0 Å². The highest BCUT2D eigenvalue weighted by molar-refractivity contribution is 5.81. The fourth-order valence-corrected chi connectivity index (χ4v) is 3.85. The third-order valence-corrected chi connectivity index (χ3v) is 5.86. The number of carbonyl (C=O) groups is 2. The first-order valence-corrected chi connectivity index (χ1v) is 12.4. The van der Waals surface area contributed by atoms with Gasteiger partial charge in [0.15, 0.2) is 0 Å². The zero-order chi connectivity index (χ0) is 23.3. The number of esters is 2. The van der Waals surface area contributed by atoms with Gasteiger partial charge in [-0.15, -0.1) is 0 Å². The Morgan fingerprint density at radius 3 is 1.28 bits per heavy atom. The lowest BCUT2D eigenvalue weighted by molar-refractivity contribution is -0.138. The third-order valence-electron chi connectivity index (χ3n) is 5.86. The molecule has 0 aromatic rings. The van der Waals surface area contributed by atoms with Crippen LogP contribution in [0.2, 0.25) is 0 Å². The molecule has 0 amide bonds. The van der Waals surface area contributed by atoms with Crippen LogP contribution in [-0.2, 0) is 28.5 Å². The minimum atomic E-state index is -0.341. The van der Waals surface area contributed by atoms with Crippen LogP contribution < -0.4 is 0 Å². The monoisotopic (exact) mass is 452 g/mol. The van der Waals surface area contributed by atoms with E-state index in [0.29, 0.717) is 25.0 Å². The van der Waals surface area contributed by atoms with E-state index in [0.717, 1.165) is 77.8 Å². The molecule has 0 radical (unpaired) electrons.